The van der Waals surface area contributed by atoms with E-state index in [1.54, 1.807) is 0 Å². The Balaban J connectivity index is 1.17. The van der Waals surface area contributed by atoms with E-state index in [9.17, 15) is 14.7 Å². The third-order valence-corrected chi connectivity index (χ3v) is 8.16. The second-order valence-corrected chi connectivity index (χ2v) is 10.8. The zero-order chi connectivity index (χ0) is 26.0. The summed E-state index contributed by atoms with van der Waals surface area (Å²) in [5, 5.41) is 12.5. The Morgan fingerprint density at radius 2 is 1.76 bits per heavy atom. The number of aliphatic carboxylic acids is 1. The SMILES string of the molecule is CC(C)(C(=O)O)C1CCC(c2ccc(N3C=CC4=NC(C(=O)NCc5ccccc5)=C[NH+]4C3)cc2)CC1. The molecule has 7 nitrogen and oxygen atoms in total. The number of fused-ring (bicyclic) bond motifs is 1. The predicted octanol–water partition coefficient (Wildman–Crippen LogP) is 3.82. The van der Waals surface area contributed by atoms with Gasteiger partial charge in [0.2, 0.25) is 5.84 Å². The van der Waals surface area contributed by atoms with Crippen molar-refractivity contribution in [3.8, 4) is 0 Å². The lowest BCUT2D eigenvalue weighted by atomic mass is 9.68. The minimum Gasteiger partial charge on any atom is -0.481 e. The Bertz CT molecular complexity index is 1240. The number of carbonyl (C=O) groups excluding carboxylic acids is 1. The summed E-state index contributed by atoms with van der Waals surface area (Å²) in [6, 6.07) is 18.6. The largest absolute Gasteiger partial charge is 0.481 e. The minimum absolute atomic E-state index is 0.163. The van der Waals surface area contributed by atoms with Crippen molar-refractivity contribution in [3.05, 3.63) is 89.9 Å². The van der Waals surface area contributed by atoms with Gasteiger partial charge in [-0.3, -0.25) is 14.5 Å². The van der Waals surface area contributed by atoms with E-state index in [-0.39, 0.29) is 11.8 Å². The van der Waals surface area contributed by atoms with Crippen molar-refractivity contribution in [1.82, 2.24) is 5.32 Å². The Morgan fingerprint density at radius 3 is 2.43 bits per heavy atom. The molecule has 0 radical (unpaired) electrons. The first-order valence-electron chi connectivity index (χ1n) is 13.1. The van der Waals surface area contributed by atoms with Crippen LogP contribution in [0.4, 0.5) is 5.69 Å². The number of rotatable bonds is 7. The highest BCUT2D eigenvalue weighted by atomic mass is 16.4. The average molecular weight is 500 g/mol. The predicted molar refractivity (Wildman–Crippen MR) is 144 cm³/mol. The van der Waals surface area contributed by atoms with Gasteiger partial charge in [0.1, 0.15) is 6.20 Å². The van der Waals surface area contributed by atoms with E-state index in [2.05, 4.69) is 39.5 Å². The molecule has 2 aliphatic heterocycles. The molecule has 2 aromatic rings. The molecule has 1 saturated carbocycles. The van der Waals surface area contributed by atoms with Crippen LogP contribution >= 0.6 is 0 Å². The van der Waals surface area contributed by atoms with Gasteiger partial charge in [-0.25, -0.2) is 4.90 Å². The fourth-order valence-electron chi connectivity index (χ4n) is 5.56. The third-order valence-electron chi connectivity index (χ3n) is 8.16. The summed E-state index contributed by atoms with van der Waals surface area (Å²) >= 11 is 0. The molecule has 1 unspecified atom stereocenters. The van der Waals surface area contributed by atoms with Crippen LogP contribution in [0.2, 0.25) is 0 Å². The second-order valence-electron chi connectivity index (χ2n) is 10.8. The van der Waals surface area contributed by atoms with Crippen LogP contribution in [-0.4, -0.2) is 29.5 Å². The van der Waals surface area contributed by atoms with Crippen LogP contribution < -0.4 is 15.1 Å². The summed E-state index contributed by atoms with van der Waals surface area (Å²) in [6.07, 6.45) is 9.84. The van der Waals surface area contributed by atoms with Gasteiger partial charge >= 0.3 is 5.97 Å². The minimum atomic E-state index is -0.696. The van der Waals surface area contributed by atoms with Crippen LogP contribution in [0.3, 0.4) is 0 Å². The first-order valence-corrected chi connectivity index (χ1v) is 13.1. The van der Waals surface area contributed by atoms with E-state index in [0.29, 0.717) is 24.8 Å². The first-order chi connectivity index (χ1) is 17.8. The number of anilines is 1. The van der Waals surface area contributed by atoms with Crippen molar-refractivity contribution in [3.63, 3.8) is 0 Å². The number of amides is 1. The smallest absolute Gasteiger partial charge is 0.309 e. The van der Waals surface area contributed by atoms with Crippen LogP contribution in [0.15, 0.2) is 83.8 Å². The number of carbonyl (C=O) groups is 2. The van der Waals surface area contributed by atoms with E-state index in [4.69, 9.17) is 0 Å². The summed E-state index contributed by atoms with van der Waals surface area (Å²) in [7, 11) is 0. The van der Waals surface area contributed by atoms with E-state index in [1.165, 1.54) is 5.56 Å². The summed E-state index contributed by atoms with van der Waals surface area (Å²) < 4.78 is 0. The molecule has 1 amide bonds. The number of nitrogens with zero attached hydrogens (tertiary/aromatic N) is 2. The average Bonchev–Trinajstić information content (AvgIpc) is 3.36. The number of nitrogens with one attached hydrogen (secondary N) is 2. The van der Waals surface area contributed by atoms with Gasteiger partial charge in [-0.2, -0.15) is 4.99 Å². The van der Waals surface area contributed by atoms with Gasteiger partial charge in [-0.05, 0) is 74.6 Å². The molecule has 0 aromatic heterocycles. The number of quaternary nitrogens is 1. The molecule has 1 fully saturated rings. The molecule has 3 aliphatic rings. The summed E-state index contributed by atoms with van der Waals surface area (Å²) in [4.78, 5) is 32.0. The van der Waals surface area contributed by atoms with Gasteiger partial charge in [0, 0.05) is 24.5 Å². The lowest BCUT2D eigenvalue weighted by Crippen LogP contribution is -3.11. The van der Waals surface area contributed by atoms with Gasteiger partial charge < -0.3 is 10.4 Å². The van der Waals surface area contributed by atoms with Crippen LogP contribution in [-0.2, 0) is 16.1 Å². The number of amidine groups is 1. The highest BCUT2D eigenvalue weighted by Crippen LogP contribution is 2.43. The highest BCUT2D eigenvalue weighted by molar-refractivity contribution is 5.99. The van der Waals surface area contributed by atoms with Crippen LogP contribution in [0.1, 0.15) is 56.6 Å². The molecule has 192 valence electrons. The van der Waals surface area contributed by atoms with E-state index in [0.717, 1.165) is 47.7 Å². The molecule has 1 aliphatic carbocycles. The Labute approximate surface area is 218 Å². The van der Waals surface area contributed by atoms with Gasteiger partial charge in [-0.15, -0.1) is 0 Å². The molecule has 3 N–H and O–H groups in total. The zero-order valence-corrected chi connectivity index (χ0v) is 21.5. The van der Waals surface area contributed by atoms with E-state index >= 15 is 0 Å². The normalized spacial score (nSPS) is 23.2. The monoisotopic (exact) mass is 499 g/mol. The lowest BCUT2D eigenvalue weighted by molar-refractivity contribution is -0.742. The lowest BCUT2D eigenvalue weighted by Gasteiger charge is -2.36. The molecular formula is C30H35N4O3+. The number of benzene rings is 2. The van der Waals surface area contributed by atoms with Gasteiger partial charge in [0.05, 0.1) is 5.41 Å². The van der Waals surface area contributed by atoms with E-state index < -0.39 is 11.4 Å². The molecule has 1 atom stereocenters. The maximum absolute atomic E-state index is 12.6. The number of hydrogen-bond donors (Lipinski definition) is 3. The Hall–Kier alpha value is -3.71. The van der Waals surface area contributed by atoms with Crippen molar-refractivity contribution < 1.29 is 19.6 Å². The van der Waals surface area contributed by atoms with Gasteiger partial charge in [-0.1, -0.05) is 42.5 Å². The number of carboxylic acids is 1. The summed E-state index contributed by atoms with van der Waals surface area (Å²) in [5.74, 6) is 0.701. The van der Waals surface area contributed by atoms with Crippen LogP contribution in [0.5, 0.6) is 0 Å². The van der Waals surface area contributed by atoms with E-state index in [1.807, 2.05) is 62.7 Å². The number of carboxylic acid groups (broad SMARTS) is 1. The molecule has 7 heteroatoms. The topological polar surface area (TPSA) is 86.4 Å². The zero-order valence-electron chi connectivity index (χ0n) is 21.5. The summed E-state index contributed by atoms with van der Waals surface area (Å²) in [5.41, 5.74) is 3.27. The molecular weight excluding hydrogens is 464 g/mol. The fourth-order valence-corrected chi connectivity index (χ4v) is 5.56. The maximum atomic E-state index is 12.6. The highest BCUT2D eigenvalue weighted by Gasteiger charge is 2.39. The quantitative estimate of drug-likeness (QED) is 0.541. The maximum Gasteiger partial charge on any atom is 0.309 e. The van der Waals surface area contributed by atoms with Crippen LogP contribution in [0, 0.1) is 11.3 Å². The van der Waals surface area contributed by atoms with Crippen molar-refractivity contribution >= 4 is 23.4 Å². The molecule has 0 spiro atoms. The molecule has 2 heterocycles. The fraction of sp³-hybridized carbons (Fsp3) is 0.367. The molecule has 5 rings (SSSR count). The third kappa shape index (κ3) is 5.37. The van der Waals surface area contributed by atoms with Crippen molar-refractivity contribution in [1.29, 1.82) is 0 Å². The molecule has 2 aromatic carbocycles. The summed E-state index contributed by atoms with van der Waals surface area (Å²) in [6.45, 7) is 4.86. The second kappa shape index (κ2) is 10.3. The number of aliphatic imine (C=N–C) groups is 1. The standard InChI is InChI=1S/C30H34N4O3/c1-30(2,29(36)37)24-12-8-22(9-13-24)23-10-14-25(15-11-23)33-17-16-27-32-26(19-34(27)20-33)28(35)31-18-21-6-4-3-5-7-21/h3-7,10-11,14-17,19,22,24H,8-9,12-13,18,20H2,1-2H3,(H,31,35)(H,36,37)/p+1. The molecule has 0 saturated heterocycles. The van der Waals surface area contributed by atoms with Crippen molar-refractivity contribution in [2.75, 3.05) is 11.6 Å². The number of hydrogen-bond acceptors (Lipinski definition) is 4. The van der Waals surface area contributed by atoms with Crippen molar-refractivity contribution in [2.45, 2.75) is 52.0 Å². The van der Waals surface area contributed by atoms with Crippen LogP contribution in [0.25, 0.3) is 0 Å². The van der Waals surface area contributed by atoms with Crippen molar-refractivity contribution in [2.24, 2.45) is 16.3 Å². The molecule has 0 bridgehead atoms. The Morgan fingerprint density at radius 1 is 1.05 bits per heavy atom. The molecule has 37 heavy (non-hydrogen) atoms. The van der Waals surface area contributed by atoms with Gasteiger partial charge in [0.15, 0.2) is 12.4 Å². The van der Waals surface area contributed by atoms with Gasteiger partial charge in [0.25, 0.3) is 5.91 Å². The Kier molecular flexibility index (Phi) is 6.98. The first kappa shape index (κ1) is 25.0.